The van der Waals surface area contributed by atoms with Crippen LogP contribution in [0.5, 0.6) is 0 Å². The third kappa shape index (κ3) is 6.50. The van der Waals surface area contributed by atoms with Crippen molar-refractivity contribution in [1.82, 2.24) is 9.97 Å². The van der Waals surface area contributed by atoms with Crippen molar-refractivity contribution in [1.29, 1.82) is 0 Å². The largest absolute Gasteiger partial charge is 0.228 e. The first kappa shape index (κ1) is 38.2. The van der Waals surface area contributed by atoms with Gasteiger partial charge in [-0.05, 0) is 83.6 Å². The van der Waals surface area contributed by atoms with Crippen LogP contribution in [0.1, 0.15) is 22.3 Å². The van der Waals surface area contributed by atoms with E-state index in [2.05, 4.69) is 237 Å². The molecule has 2 heteroatoms. The second kappa shape index (κ2) is 16.0. The summed E-state index contributed by atoms with van der Waals surface area (Å²) in [5.74, 6) is 0.703. The van der Waals surface area contributed by atoms with E-state index in [9.17, 15) is 0 Å². The Morgan fingerprint density at radius 2 is 0.708 bits per heavy atom. The summed E-state index contributed by atoms with van der Waals surface area (Å²) in [5, 5.41) is 2.32. The van der Waals surface area contributed by atoms with Gasteiger partial charge in [-0.2, -0.15) is 0 Å². The molecule has 0 saturated carbocycles. The zero-order valence-electron chi connectivity index (χ0n) is 35.6. The van der Waals surface area contributed by atoms with Crippen molar-refractivity contribution < 1.29 is 0 Å². The number of aromatic nitrogens is 2. The summed E-state index contributed by atoms with van der Waals surface area (Å²) in [6, 6.07) is 91.9. The molecule has 2 nitrogen and oxygen atoms in total. The van der Waals surface area contributed by atoms with E-state index in [0.29, 0.717) is 5.82 Å². The van der Waals surface area contributed by atoms with Gasteiger partial charge < -0.3 is 0 Å². The van der Waals surface area contributed by atoms with Gasteiger partial charge in [-0.3, -0.25) is 0 Å². The topological polar surface area (TPSA) is 25.8 Å². The fraction of sp³-hybridized carbons (Fsp3) is 0.0159. The predicted molar refractivity (Wildman–Crippen MR) is 269 cm³/mol. The van der Waals surface area contributed by atoms with Gasteiger partial charge in [0.15, 0.2) is 5.82 Å². The minimum Gasteiger partial charge on any atom is -0.228 e. The highest BCUT2D eigenvalue weighted by Crippen LogP contribution is 2.58. The summed E-state index contributed by atoms with van der Waals surface area (Å²) in [6.07, 6.45) is 0. The van der Waals surface area contributed by atoms with E-state index >= 15 is 0 Å². The molecule has 1 aromatic heterocycles. The molecule has 0 fully saturated rings. The monoisotopic (exact) mass is 826 g/mol. The highest BCUT2D eigenvalue weighted by molar-refractivity contribution is 6.05. The zero-order chi connectivity index (χ0) is 43.2. The van der Waals surface area contributed by atoms with Crippen LogP contribution in [-0.4, -0.2) is 9.97 Å². The van der Waals surface area contributed by atoms with Crippen LogP contribution in [0.15, 0.2) is 255 Å². The number of fused-ring (bicyclic) bond motifs is 4. The fourth-order valence-corrected chi connectivity index (χ4v) is 10.3. The molecule has 0 bridgehead atoms. The van der Waals surface area contributed by atoms with Crippen molar-refractivity contribution in [2.75, 3.05) is 0 Å². The predicted octanol–water partition coefficient (Wildman–Crippen LogP) is 16.0. The summed E-state index contributed by atoms with van der Waals surface area (Å²) in [7, 11) is 0. The molecule has 0 atom stereocenters. The van der Waals surface area contributed by atoms with Crippen LogP contribution in [0.3, 0.4) is 0 Å². The molecule has 0 spiro atoms. The summed E-state index contributed by atoms with van der Waals surface area (Å²) >= 11 is 0. The smallest absolute Gasteiger partial charge is 0.160 e. The molecule has 12 rings (SSSR count). The Morgan fingerprint density at radius 3 is 1.37 bits per heavy atom. The normalized spacial score (nSPS) is 12.4. The molecular formula is C63H42N2. The molecule has 0 aliphatic heterocycles. The number of benzene rings is 10. The van der Waals surface area contributed by atoms with Gasteiger partial charge in [-0.15, -0.1) is 0 Å². The summed E-state index contributed by atoms with van der Waals surface area (Å²) in [5.41, 5.74) is 19.3. The molecule has 11 aromatic rings. The maximum atomic E-state index is 5.24. The Balaban J connectivity index is 0.951. The van der Waals surface area contributed by atoms with Gasteiger partial charge in [0.05, 0.1) is 16.8 Å². The van der Waals surface area contributed by atoms with Gasteiger partial charge in [0, 0.05) is 16.7 Å². The lowest BCUT2D eigenvalue weighted by molar-refractivity contribution is 0.768. The van der Waals surface area contributed by atoms with E-state index in [1.807, 2.05) is 18.2 Å². The zero-order valence-corrected chi connectivity index (χ0v) is 35.6. The molecule has 10 aromatic carbocycles. The highest BCUT2D eigenvalue weighted by atomic mass is 14.9. The second-order valence-electron chi connectivity index (χ2n) is 16.8. The third-order valence-electron chi connectivity index (χ3n) is 13.2. The second-order valence-corrected chi connectivity index (χ2v) is 16.8. The first-order valence-electron chi connectivity index (χ1n) is 22.3. The quantitative estimate of drug-likeness (QED) is 0.152. The number of hydrogen-bond donors (Lipinski definition) is 0. The Bertz CT molecular complexity index is 3450. The fourth-order valence-electron chi connectivity index (χ4n) is 10.3. The number of nitrogens with zero attached hydrogens (tertiary/aromatic N) is 2. The number of rotatable bonds is 8. The van der Waals surface area contributed by atoms with Crippen LogP contribution >= 0.6 is 0 Å². The summed E-state index contributed by atoms with van der Waals surface area (Å²) in [6.45, 7) is 0. The number of hydrogen-bond acceptors (Lipinski definition) is 2. The van der Waals surface area contributed by atoms with Crippen LogP contribution in [0.2, 0.25) is 0 Å². The van der Waals surface area contributed by atoms with Crippen molar-refractivity contribution in [2.45, 2.75) is 5.41 Å². The molecule has 1 heterocycles. The van der Waals surface area contributed by atoms with Crippen LogP contribution in [0.4, 0.5) is 0 Å². The van der Waals surface area contributed by atoms with Crippen molar-refractivity contribution in [3.63, 3.8) is 0 Å². The highest BCUT2D eigenvalue weighted by Gasteiger charge is 2.46. The molecule has 0 N–H and O–H groups in total. The average Bonchev–Trinajstić information content (AvgIpc) is 3.71. The lowest BCUT2D eigenvalue weighted by Crippen LogP contribution is -2.28. The van der Waals surface area contributed by atoms with Gasteiger partial charge in [-0.1, -0.05) is 249 Å². The lowest BCUT2D eigenvalue weighted by atomic mass is 9.67. The minimum absolute atomic E-state index is 0.440. The Labute approximate surface area is 379 Å². The van der Waals surface area contributed by atoms with E-state index in [4.69, 9.17) is 9.97 Å². The average molecular weight is 827 g/mol. The van der Waals surface area contributed by atoms with E-state index in [-0.39, 0.29) is 0 Å². The minimum atomic E-state index is -0.440. The summed E-state index contributed by atoms with van der Waals surface area (Å²) in [4.78, 5) is 10.4. The molecule has 0 radical (unpaired) electrons. The van der Waals surface area contributed by atoms with Gasteiger partial charge in [0.2, 0.25) is 0 Å². The van der Waals surface area contributed by atoms with Crippen LogP contribution in [0, 0.1) is 0 Å². The Kier molecular flexibility index (Phi) is 9.43. The van der Waals surface area contributed by atoms with Crippen LogP contribution in [-0.2, 0) is 5.41 Å². The standard InChI is InChI=1S/C63H42N2/c1-5-18-43(19-6-1)44-32-38-47(39-33-44)59-42-60(65-62(64-59)48-20-7-2-8-21-48)55-41-40-51(53-26-13-14-27-54(53)55)45-34-36-46(37-35-45)52-29-17-31-58-61(52)56-28-15-16-30-57(56)63(58,49-22-9-3-10-23-49)50-24-11-4-12-25-50/h1-42H. The van der Waals surface area contributed by atoms with Crippen LogP contribution in [0.25, 0.3) is 89.2 Å². The Morgan fingerprint density at radius 1 is 0.262 bits per heavy atom. The lowest BCUT2D eigenvalue weighted by Gasteiger charge is -2.34. The van der Waals surface area contributed by atoms with Gasteiger partial charge >= 0.3 is 0 Å². The molecule has 0 unspecified atom stereocenters. The maximum Gasteiger partial charge on any atom is 0.160 e. The van der Waals surface area contributed by atoms with Gasteiger partial charge in [0.1, 0.15) is 0 Å². The molecule has 0 amide bonds. The van der Waals surface area contributed by atoms with Crippen molar-refractivity contribution in [3.8, 4) is 78.4 Å². The van der Waals surface area contributed by atoms with Gasteiger partial charge in [-0.25, -0.2) is 9.97 Å². The van der Waals surface area contributed by atoms with Crippen molar-refractivity contribution in [3.05, 3.63) is 277 Å². The summed E-state index contributed by atoms with van der Waals surface area (Å²) < 4.78 is 0. The van der Waals surface area contributed by atoms with E-state index in [1.54, 1.807) is 0 Å². The Hall–Kier alpha value is -8.46. The maximum absolute atomic E-state index is 5.24. The molecule has 1 aliphatic carbocycles. The molecule has 1 aliphatic rings. The van der Waals surface area contributed by atoms with E-state index in [0.717, 1.165) is 33.5 Å². The molecular weight excluding hydrogens is 785 g/mol. The molecule has 304 valence electrons. The SMILES string of the molecule is c1ccc(-c2ccc(-c3cc(-c4ccc(-c5ccc(-c6cccc7c6-c6ccccc6C7(c6ccccc6)c6ccccc6)cc5)c5ccccc45)nc(-c4ccccc4)n3)cc2)cc1. The van der Waals surface area contributed by atoms with Gasteiger partial charge in [0.25, 0.3) is 0 Å². The first-order valence-corrected chi connectivity index (χ1v) is 22.3. The third-order valence-corrected chi connectivity index (χ3v) is 13.2. The van der Waals surface area contributed by atoms with Crippen LogP contribution < -0.4 is 0 Å². The van der Waals surface area contributed by atoms with E-state index in [1.165, 1.54) is 72.1 Å². The molecule has 0 saturated heterocycles. The molecule has 65 heavy (non-hydrogen) atoms. The van der Waals surface area contributed by atoms with E-state index < -0.39 is 5.41 Å². The van der Waals surface area contributed by atoms with Crippen molar-refractivity contribution >= 4 is 10.8 Å². The van der Waals surface area contributed by atoms with Crippen molar-refractivity contribution in [2.24, 2.45) is 0 Å². The first-order chi connectivity index (χ1) is 32.2.